The molecule has 110 valence electrons. The number of hydrogen-bond donors (Lipinski definition) is 0. The largest absolute Gasteiger partial charge is 0.337 e. The second kappa shape index (κ2) is 5.68. The van der Waals surface area contributed by atoms with Crippen LogP contribution in [0.15, 0.2) is 30.6 Å². The molecular weight excluding hydrogens is 264 g/mol. The lowest BCUT2D eigenvalue weighted by atomic mass is 9.89. The van der Waals surface area contributed by atoms with E-state index in [1.807, 2.05) is 25.1 Å². The Bertz CT molecular complexity index is 641. The van der Waals surface area contributed by atoms with E-state index in [2.05, 4.69) is 22.2 Å². The summed E-state index contributed by atoms with van der Waals surface area (Å²) in [6.07, 6.45) is 5.68. The van der Waals surface area contributed by atoms with Gasteiger partial charge >= 0.3 is 0 Å². The molecule has 5 nitrogen and oxygen atoms in total. The van der Waals surface area contributed by atoms with E-state index >= 15 is 0 Å². The van der Waals surface area contributed by atoms with Crippen LogP contribution in [0.5, 0.6) is 0 Å². The Hall–Kier alpha value is -2.17. The fourth-order valence-electron chi connectivity index (χ4n) is 2.93. The molecule has 0 aliphatic carbocycles. The van der Waals surface area contributed by atoms with Crippen LogP contribution in [0.4, 0.5) is 0 Å². The molecule has 0 radical (unpaired) electrons. The summed E-state index contributed by atoms with van der Waals surface area (Å²) in [6.45, 7) is 3.60. The first-order chi connectivity index (χ1) is 10.1. The zero-order valence-corrected chi connectivity index (χ0v) is 12.5. The third kappa shape index (κ3) is 2.96. The van der Waals surface area contributed by atoms with Crippen LogP contribution in [0, 0.1) is 6.92 Å². The average molecular weight is 284 g/mol. The summed E-state index contributed by atoms with van der Waals surface area (Å²) >= 11 is 0. The summed E-state index contributed by atoms with van der Waals surface area (Å²) in [4.78, 5) is 18.5. The van der Waals surface area contributed by atoms with Gasteiger partial charge < -0.3 is 4.90 Å². The molecule has 1 aliphatic rings. The number of likely N-dealkylation sites (tertiary alicyclic amines) is 1. The second-order valence-electron chi connectivity index (χ2n) is 5.67. The van der Waals surface area contributed by atoms with Crippen LogP contribution in [0.2, 0.25) is 0 Å². The van der Waals surface area contributed by atoms with Crippen molar-refractivity contribution in [3.8, 4) is 0 Å². The number of nitrogens with zero attached hydrogens (tertiary/aromatic N) is 4. The van der Waals surface area contributed by atoms with Gasteiger partial charge in [0.15, 0.2) is 0 Å². The highest BCUT2D eigenvalue weighted by atomic mass is 16.2. The van der Waals surface area contributed by atoms with Crippen LogP contribution in [0.3, 0.4) is 0 Å². The number of aryl methyl sites for hydroxylation is 2. The number of rotatable bonds is 2. The molecule has 0 unspecified atom stereocenters. The quantitative estimate of drug-likeness (QED) is 0.849. The van der Waals surface area contributed by atoms with Gasteiger partial charge in [0, 0.05) is 38.2 Å². The second-order valence-corrected chi connectivity index (χ2v) is 5.67. The van der Waals surface area contributed by atoms with Crippen molar-refractivity contribution in [1.29, 1.82) is 0 Å². The van der Waals surface area contributed by atoms with Crippen molar-refractivity contribution in [2.24, 2.45) is 7.05 Å². The van der Waals surface area contributed by atoms with Gasteiger partial charge in [0.05, 0.1) is 0 Å². The van der Waals surface area contributed by atoms with Crippen molar-refractivity contribution < 1.29 is 4.79 Å². The highest BCUT2D eigenvalue weighted by Gasteiger charge is 2.25. The van der Waals surface area contributed by atoms with E-state index in [0.29, 0.717) is 11.6 Å². The first-order valence-corrected chi connectivity index (χ1v) is 7.35. The van der Waals surface area contributed by atoms with Crippen molar-refractivity contribution >= 4 is 5.91 Å². The van der Waals surface area contributed by atoms with E-state index in [9.17, 15) is 4.79 Å². The maximum Gasteiger partial charge on any atom is 0.274 e. The minimum atomic E-state index is 0.0416. The topological polar surface area (TPSA) is 51.0 Å². The zero-order chi connectivity index (χ0) is 14.8. The van der Waals surface area contributed by atoms with Crippen molar-refractivity contribution in [3.05, 3.63) is 47.5 Å². The van der Waals surface area contributed by atoms with Crippen LogP contribution in [0.25, 0.3) is 0 Å². The van der Waals surface area contributed by atoms with E-state index < -0.39 is 0 Å². The van der Waals surface area contributed by atoms with Gasteiger partial charge in [-0.25, -0.2) is 0 Å². The van der Waals surface area contributed by atoms with Gasteiger partial charge in [-0.2, -0.15) is 5.10 Å². The van der Waals surface area contributed by atoms with Gasteiger partial charge in [0.1, 0.15) is 5.69 Å². The van der Waals surface area contributed by atoms with E-state index in [-0.39, 0.29) is 5.91 Å². The lowest BCUT2D eigenvalue weighted by Crippen LogP contribution is -2.38. The molecule has 1 aliphatic heterocycles. The minimum Gasteiger partial charge on any atom is -0.337 e. The third-order valence-corrected chi connectivity index (χ3v) is 4.11. The summed E-state index contributed by atoms with van der Waals surface area (Å²) in [5.74, 6) is 0.569. The van der Waals surface area contributed by atoms with Crippen LogP contribution in [0.1, 0.15) is 40.5 Å². The number of carbonyl (C=O) groups excluding carboxylic acids is 1. The summed E-state index contributed by atoms with van der Waals surface area (Å²) in [5, 5.41) is 4.19. The number of hydrogen-bond acceptors (Lipinski definition) is 3. The molecule has 0 N–H and O–H groups in total. The zero-order valence-electron chi connectivity index (χ0n) is 12.5. The number of aromatic nitrogens is 3. The molecule has 0 spiro atoms. The Kier molecular flexibility index (Phi) is 3.73. The van der Waals surface area contributed by atoms with E-state index in [4.69, 9.17) is 0 Å². The van der Waals surface area contributed by atoms with Crippen LogP contribution in [-0.2, 0) is 7.05 Å². The fraction of sp³-hybridized carbons (Fsp3) is 0.438. The number of amides is 1. The molecule has 21 heavy (non-hydrogen) atoms. The smallest absolute Gasteiger partial charge is 0.274 e. The number of pyridine rings is 1. The molecule has 1 saturated heterocycles. The van der Waals surface area contributed by atoms with E-state index in [1.54, 1.807) is 16.9 Å². The van der Waals surface area contributed by atoms with Gasteiger partial charge in [-0.05, 0) is 49.4 Å². The molecular formula is C16H20N4O. The third-order valence-electron chi connectivity index (χ3n) is 4.11. The molecule has 3 rings (SSSR count). The predicted molar refractivity (Wildman–Crippen MR) is 80.1 cm³/mol. The fourth-order valence-corrected chi connectivity index (χ4v) is 2.93. The van der Waals surface area contributed by atoms with Crippen LogP contribution >= 0.6 is 0 Å². The van der Waals surface area contributed by atoms with Gasteiger partial charge in [-0.3, -0.25) is 14.5 Å². The van der Waals surface area contributed by atoms with Gasteiger partial charge in [-0.15, -0.1) is 0 Å². The maximum absolute atomic E-state index is 12.4. The highest BCUT2D eigenvalue weighted by molar-refractivity contribution is 5.92. The maximum atomic E-state index is 12.4. The number of carbonyl (C=O) groups is 1. The van der Waals surface area contributed by atoms with E-state index in [0.717, 1.165) is 31.6 Å². The lowest BCUT2D eigenvalue weighted by molar-refractivity contribution is 0.0706. The van der Waals surface area contributed by atoms with Crippen molar-refractivity contribution in [1.82, 2.24) is 19.7 Å². The van der Waals surface area contributed by atoms with Gasteiger partial charge in [0.25, 0.3) is 5.91 Å². The Balaban J connectivity index is 1.64. The Morgan fingerprint density at radius 2 is 2.05 bits per heavy atom. The molecule has 2 aromatic heterocycles. The van der Waals surface area contributed by atoms with E-state index in [1.165, 1.54) is 5.56 Å². The first-order valence-electron chi connectivity index (χ1n) is 7.35. The molecule has 1 fully saturated rings. The molecule has 2 aromatic rings. The molecule has 3 heterocycles. The summed E-state index contributed by atoms with van der Waals surface area (Å²) in [6, 6.07) is 6.02. The monoisotopic (exact) mass is 284 g/mol. The minimum absolute atomic E-state index is 0.0416. The summed E-state index contributed by atoms with van der Waals surface area (Å²) in [7, 11) is 1.83. The summed E-state index contributed by atoms with van der Waals surface area (Å²) in [5.41, 5.74) is 2.93. The molecule has 0 atom stereocenters. The normalized spacial score (nSPS) is 16.2. The first kappa shape index (κ1) is 13.8. The number of piperidine rings is 1. The van der Waals surface area contributed by atoms with Gasteiger partial charge in [0.2, 0.25) is 0 Å². The van der Waals surface area contributed by atoms with Crippen LogP contribution < -0.4 is 0 Å². The molecule has 0 aromatic carbocycles. The van der Waals surface area contributed by atoms with Crippen molar-refractivity contribution in [2.45, 2.75) is 25.7 Å². The summed E-state index contributed by atoms with van der Waals surface area (Å²) < 4.78 is 1.67. The molecule has 5 heteroatoms. The molecule has 0 saturated carbocycles. The average Bonchev–Trinajstić information content (AvgIpc) is 2.93. The molecule has 0 bridgehead atoms. The van der Waals surface area contributed by atoms with Crippen molar-refractivity contribution in [3.63, 3.8) is 0 Å². The predicted octanol–water partition coefficient (Wildman–Crippen LogP) is 2.14. The Labute approximate surface area is 124 Å². The lowest BCUT2D eigenvalue weighted by Gasteiger charge is -2.31. The van der Waals surface area contributed by atoms with Crippen LogP contribution in [-0.4, -0.2) is 38.7 Å². The Morgan fingerprint density at radius 3 is 2.67 bits per heavy atom. The standard InChI is InChI=1S/C16H20N4O/c1-12-11-14(3-7-17-12)13-4-9-20(10-5-13)16(21)15-6-8-19(2)18-15/h3,6-8,11,13H,4-5,9-10H2,1-2H3. The molecule has 1 amide bonds. The highest BCUT2D eigenvalue weighted by Crippen LogP contribution is 2.28. The SMILES string of the molecule is Cc1cc(C2CCN(C(=O)c3ccn(C)n3)CC2)ccn1. The van der Waals surface area contributed by atoms with Gasteiger partial charge in [-0.1, -0.05) is 0 Å². The Morgan fingerprint density at radius 1 is 1.29 bits per heavy atom. The van der Waals surface area contributed by atoms with Crippen molar-refractivity contribution in [2.75, 3.05) is 13.1 Å².